The number of pyridine rings is 2. The molecule has 194 valence electrons. The quantitative estimate of drug-likeness (QED) is 0.539. The van der Waals surface area contributed by atoms with Gasteiger partial charge in [-0.1, -0.05) is 30.3 Å². The lowest BCUT2D eigenvalue weighted by Gasteiger charge is -2.38. The SMILES string of the molecule is Cc1cc(NC(=O)c2cccc(N3CCCN(C4CCN(Cc5ccccc5C)CC4)CC3)n2)ccn1. The number of piperidine rings is 1. The molecule has 0 radical (unpaired) electrons. The summed E-state index contributed by atoms with van der Waals surface area (Å²) in [6.45, 7) is 11.6. The number of likely N-dealkylation sites (tertiary alicyclic amines) is 1. The zero-order valence-electron chi connectivity index (χ0n) is 22.1. The molecule has 4 heterocycles. The zero-order valence-corrected chi connectivity index (χ0v) is 22.1. The number of benzene rings is 1. The smallest absolute Gasteiger partial charge is 0.274 e. The summed E-state index contributed by atoms with van der Waals surface area (Å²) in [6.07, 6.45) is 5.27. The maximum Gasteiger partial charge on any atom is 0.274 e. The van der Waals surface area contributed by atoms with Crippen LogP contribution in [0.15, 0.2) is 60.8 Å². The van der Waals surface area contributed by atoms with Gasteiger partial charge in [0.25, 0.3) is 5.91 Å². The molecule has 0 bridgehead atoms. The molecular weight excluding hydrogens is 460 g/mol. The van der Waals surface area contributed by atoms with E-state index in [1.54, 1.807) is 18.3 Å². The molecule has 2 saturated heterocycles. The van der Waals surface area contributed by atoms with Crippen LogP contribution in [0.2, 0.25) is 0 Å². The fraction of sp³-hybridized carbons (Fsp3) is 0.433. The monoisotopic (exact) mass is 498 g/mol. The zero-order chi connectivity index (χ0) is 25.6. The van der Waals surface area contributed by atoms with Crippen LogP contribution >= 0.6 is 0 Å². The third-order valence-corrected chi connectivity index (χ3v) is 7.70. The van der Waals surface area contributed by atoms with Crippen molar-refractivity contribution >= 4 is 17.4 Å². The Bertz CT molecular complexity index is 1210. The summed E-state index contributed by atoms with van der Waals surface area (Å²) in [7, 11) is 0. The maximum atomic E-state index is 12.8. The number of aromatic nitrogens is 2. The summed E-state index contributed by atoms with van der Waals surface area (Å²) in [5.41, 5.74) is 4.88. The van der Waals surface area contributed by atoms with Crippen molar-refractivity contribution in [3.8, 4) is 0 Å². The van der Waals surface area contributed by atoms with Crippen molar-refractivity contribution in [1.82, 2.24) is 19.8 Å². The van der Waals surface area contributed by atoms with Crippen LogP contribution in [-0.2, 0) is 6.54 Å². The van der Waals surface area contributed by atoms with Gasteiger partial charge in [0, 0.05) is 56.3 Å². The topological polar surface area (TPSA) is 64.6 Å². The Morgan fingerprint density at radius 1 is 0.946 bits per heavy atom. The first-order chi connectivity index (χ1) is 18.0. The summed E-state index contributed by atoms with van der Waals surface area (Å²) in [6, 6.07) is 18.8. The third-order valence-electron chi connectivity index (χ3n) is 7.70. The molecule has 0 aliphatic carbocycles. The molecule has 1 aromatic carbocycles. The molecule has 2 aliphatic heterocycles. The molecule has 7 heteroatoms. The number of carbonyl (C=O) groups is 1. The van der Waals surface area contributed by atoms with Crippen LogP contribution in [0.3, 0.4) is 0 Å². The normalized spacial score (nSPS) is 17.9. The minimum atomic E-state index is -0.193. The highest BCUT2D eigenvalue weighted by atomic mass is 16.1. The first-order valence-electron chi connectivity index (χ1n) is 13.5. The summed E-state index contributed by atoms with van der Waals surface area (Å²) in [5.74, 6) is 0.690. The van der Waals surface area contributed by atoms with Gasteiger partial charge in [0.1, 0.15) is 11.5 Å². The molecule has 5 rings (SSSR count). The van der Waals surface area contributed by atoms with E-state index in [4.69, 9.17) is 4.98 Å². The number of hydrogen-bond donors (Lipinski definition) is 1. The Labute approximate surface area is 220 Å². The van der Waals surface area contributed by atoms with Gasteiger partial charge in [0.2, 0.25) is 0 Å². The molecule has 0 unspecified atom stereocenters. The standard InChI is InChI=1S/C30H38N6O/c1-23-7-3-4-8-25(23)22-34-17-12-27(13-18-34)35-15-6-16-36(20-19-35)29-10-5-9-28(33-29)30(37)32-26-11-14-31-24(2)21-26/h3-5,7-11,14,21,27H,6,12-13,15-20,22H2,1-2H3,(H,31,32,37). The van der Waals surface area contributed by atoms with Gasteiger partial charge in [0.05, 0.1) is 0 Å². The fourth-order valence-electron chi connectivity index (χ4n) is 5.55. The van der Waals surface area contributed by atoms with E-state index >= 15 is 0 Å². The number of aryl methyl sites for hydroxylation is 2. The molecule has 2 aromatic heterocycles. The van der Waals surface area contributed by atoms with E-state index in [0.717, 1.165) is 69.4 Å². The Hall–Kier alpha value is -3.29. The van der Waals surface area contributed by atoms with E-state index in [2.05, 4.69) is 56.2 Å². The molecule has 7 nitrogen and oxygen atoms in total. The van der Waals surface area contributed by atoms with E-state index in [1.807, 2.05) is 25.1 Å². The summed E-state index contributed by atoms with van der Waals surface area (Å²) in [4.78, 5) is 29.4. The second-order valence-electron chi connectivity index (χ2n) is 10.3. The van der Waals surface area contributed by atoms with Crippen molar-refractivity contribution in [2.75, 3.05) is 49.5 Å². The predicted octanol–water partition coefficient (Wildman–Crippen LogP) is 4.52. The van der Waals surface area contributed by atoms with E-state index in [0.29, 0.717) is 11.7 Å². The fourth-order valence-corrected chi connectivity index (χ4v) is 5.55. The lowest BCUT2D eigenvalue weighted by molar-refractivity contribution is 0.102. The number of amides is 1. The van der Waals surface area contributed by atoms with Gasteiger partial charge in [-0.3, -0.25) is 19.6 Å². The molecule has 37 heavy (non-hydrogen) atoms. The largest absolute Gasteiger partial charge is 0.355 e. The van der Waals surface area contributed by atoms with Crippen LogP contribution in [0.5, 0.6) is 0 Å². The number of nitrogens with one attached hydrogen (secondary N) is 1. The van der Waals surface area contributed by atoms with Crippen LogP contribution in [0.25, 0.3) is 0 Å². The molecule has 3 aromatic rings. The first kappa shape index (κ1) is 25.4. The van der Waals surface area contributed by atoms with E-state index in [-0.39, 0.29) is 5.91 Å². The van der Waals surface area contributed by atoms with Crippen molar-refractivity contribution in [2.24, 2.45) is 0 Å². The number of nitrogens with zero attached hydrogens (tertiary/aromatic N) is 5. The average molecular weight is 499 g/mol. The van der Waals surface area contributed by atoms with Gasteiger partial charge >= 0.3 is 0 Å². The number of carbonyl (C=O) groups excluding carboxylic acids is 1. The van der Waals surface area contributed by atoms with Crippen LogP contribution in [0.4, 0.5) is 11.5 Å². The molecule has 2 aliphatic rings. The second-order valence-corrected chi connectivity index (χ2v) is 10.3. The molecule has 1 N–H and O–H groups in total. The average Bonchev–Trinajstić information content (AvgIpc) is 3.17. The third kappa shape index (κ3) is 6.53. The van der Waals surface area contributed by atoms with Crippen LogP contribution in [0.1, 0.15) is 46.6 Å². The lowest BCUT2D eigenvalue weighted by Crippen LogP contribution is -2.46. The minimum absolute atomic E-state index is 0.193. The van der Waals surface area contributed by atoms with Crippen molar-refractivity contribution in [3.05, 3.63) is 83.3 Å². The van der Waals surface area contributed by atoms with E-state index in [9.17, 15) is 4.79 Å². The minimum Gasteiger partial charge on any atom is -0.355 e. The van der Waals surface area contributed by atoms with E-state index < -0.39 is 0 Å². The second kappa shape index (κ2) is 11.8. The molecule has 2 fully saturated rings. The Balaban J connectivity index is 1.14. The summed E-state index contributed by atoms with van der Waals surface area (Å²) >= 11 is 0. The van der Waals surface area contributed by atoms with Crippen LogP contribution in [-0.4, -0.2) is 71.0 Å². The number of rotatable bonds is 6. The van der Waals surface area contributed by atoms with Gasteiger partial charge in [-0.2, -0.15) is 0 Å². The van der Waals surface area contributed by atoms with Gasteiger partial charge in [-0.05, 0) is 81.6 Å². The highest BCUT2D eigenvalue weighted by Gasteiger charge is 2.27. The van der Waals surface area contributed by atoms with Crippen molar-refractivity contribution < 1.29 is 4.79 Å². The van der Waals surface area contributed by atoms with Gasteiger partial charge < -0.3 is 10.2 Å². The molecule has 1 amide bonds. The van der Waals surface area contributed by atoms with E-state index in [1.165, 1.54) is 24.0 Å². The highest BCUT2D eigenvalue weighted by Crippen LogP contribution is 2.22. The molecule has 0 saturated carbocycles. The van der Waals surface area contributed by atoms with Gasteiger partial charge in [0.15, 0.2) is 0 Å². The molecule has 0 spiro atoms. The van der Waals surface area contributed by atoms with Gasteiger partial charge in [-0.25, -0.2) is 4.98 Å². The summed E-state index contributed by atoms with van der Waals surface area (Å²) in [5, 5.41) is 2.94. The highest BCUT2D eigenvalue weighted by molar-refractivity contribution is 6.03. The Morgan fingerprint density at radius 3 is 2.59 bits per heavy atom. The summed E-state index contributed by atoms with van der Waals surface area (Å²) < 4.78 is 0. The van der Waals surface area contributed by atoms with Crippen LogP contribution < -0.4 is 10.2 Å². The van der Waals surface area contributed by atoms with Crippen molar-refractivity contribution in [2.45, 2.75) is 45.7 Å². The molecule has 0 atom stereocenters. The Kier molecular flexibility index (Phi) is 8.12. The van der Waals surface area contributed by atoms with Gasteiger partial charge in [-0.15, -0.1) is 0 Å². The Morgan fingerprint density at radius 2 is 1.78 bits per heavy atom. The first-order valence-corrected chi connectivity index (χ1v) is 13.5. The number of hydrogen-bond acceptors (Lipinski definition) is 6. The van der Waals surface area contributed by atoms with Crippen molar-refractivity contribution in [1.29, 1.82) is 0 Å². The van der Waals surface area contributed by atoms with Crippen LogP contribution in [0, 0.1) is 13.8 Å². The maximum absolute atomic E-state index is 12.8. The predicted molar refractivity (Wildman–Crippen MR) is 149 cm³/mol. The van der Waals surface area contributed by atoms with Crippen molar-refractivity contribution in [3.63, 3.8) is 0 Å². The molecular formula is C30H38N6O. The number of anilines is 2. The lowest BCUT2D eigenvalue weighted by atomic mass is 10.0.